The number of benzene rings is 2. The van der Waals surface area contributed by atoms with Crippen molar-refractivity contribution in [2.75, 3.05) is 6.61 Å². The van der Waals surface area contributed by atoms with E-state index in [4.69, 9.17) is 39.5 Å². The van der Waals surface area contributed by atoms with E-state index in [1.807, 2.05) is 60.7 Å². The minimum absolute atomic E-state index is 0.0778. The average molecular weight is 370 g/mol. The van der Waals surface area contributed by atoms with Gasteiger partial charge in [-0.2, -0.15) is 0 Å². The van der Waals surface area contributed by atoms with Gasteiger partial charge in [0.05, 0.1) is 0 Å². The number of carbonyl (C=O) groups is 1. The molecule has 0 radical (unpaired) electrons. The largest absolute Gasteiger partial charge is 0.460 e. The van der Waals surface area contributed by atoms with Gasteiger partial charge in [0.15, 0.2) is 0 Å². The van der Waals surface area contributed by atoms with E-state index >= 15 is 0 Å². The summed E-state index contributed by atoms with van der Waals surface area (Å²) in [5, 5.41) is 0. The Hall–Kier alpha value is -1.22. The fourth-order valence-corrected chi connectivity index (χ4v) is 3.19. The van der Waals surface area contributed by atoms with Crippen LogP contribution in [0, 0.1) is 0 Å². The standard InChI is InChI=1S/C18H15Cl3O2/c19-18(20,21)12-23-16(22)17(14-9-5-2-6-10-14)11-15(17)13-7-3-1-4-8-13/h1-10,15H,11-12H2/t15-,17-/m1/s1. The van der Waals surface area contributed by atoms with Crippen LogP contribution in [-0.4, -0.2) is 16.4 Å². The van der Waals surface area contributed by atoms with E-state index in [0.717, 1.165) is 11.1 Å². The van der Waals surface area contributed by atoms with Gasteiger partial charge in [0, 0.05) is 5.92 Å². The molecule has 0 spiro atoms. The van der Waals surface area contributed by atoms with Crippen LogP contribution in [0.5, 0.6) is 0 Å². The van der Waals surface area contributed by atoms with Crippen LogP contribution >= 0.6 is 34.8 Å². The first-order chi connectivity index (χ1) is 10.9. The van der Waals surface area contributed by atoms with Crippen LogP contribution < -0.4 is 0 Å². The second kappa shape index (κ2) is 6.35. The molecule has 2 aromatic rings. The Kier molecular flexibility index (Phi) is 4.59. The smallest absolute Gasteiger partial charge is 0.317 e. The lowest BCUT2D eigenvalue weighted by atomic mass is 9.91. The summed E-state index contributed by atoms with van der Waals surface area (Å²) in [6.45, 7) is -0.257. The van der Waals surface area contributed by atoms with Gasteiger partial charge >= 0.3 is 5.97 Å². The van der Waals surface area contributed by atoms with Crippen molar-refractivity contribution >= 4 is 40.8 Å². The molecule has 120 valence electrons. The number of halogens is 3. The molecule has 0 N–H and O–H groups in total. The first kappa shape index (κ1) is 16.6. The van der Waals surface area contributed by atoms with E-state index in [0.29, 0.717) is 6.42 Å². The van der Waals surface area contributed by atoms with Crippen molar-refractivity contribution in [1.82, 2.24) is 0 Å². The Bertz CT molecular complexity index is 682. The van der Waals surface area contributed by atoms with E-state index in [2.05, 4.69) is 0 Å². The van der Waals surface area contributed by atoms with Crippen molar-refractivity contribution in [3.63, 3.8) is 0 Å². The van der Waals surface area contributed by atoms with Crippen molar-refractivity contribution in [2.45, 2.75) is 21.5 Å². The predicted octanol–water partition coefficient (Wildman–Crippen LogP) is 5.03. The van der Waals surface area contributed by atoms with E-state index in [9.17, 15) is 4.79 Å². The highest BCUT2D eigenvalue weighted by atomic mass is 35.6. The van der Waals surface area contributed by atoms with Gasteiger partial charge in [0.25, 0.3) is 0 Å². The molecule has 2 atom stereocenters. The first-order valence-corrected chi connectivity index (χ1v) is 8.41. The van der Waals surface area contributed by atoms with Gasteiger partial charge in [-0.25, -0.2) is 0 Å². The highest BCUT2D eigenvalue weighted by Gasteiger charge is 2.63. The van der Waals surface area contributed by atoms with Crippen LogP contribution in [0.15, 0.2) is 60.7 Å². The Balaban J connectivity index is 1.89. The number of esters is 1. The molecule has 1 aliphatic rings. The Labute approximate surface area is 150 Å². The maximum absolute atomic E-state index is 12.8. The highest BCUT2D eigenvalue weighted by Crippen LogP contribution is 2.61. The Morgan fingerprint density at radius 3 is 2.17 bits per heavy atom. The molecule has 0 amide bonds. The van der Waals surface area contributed by atoms with Crippen molar-refractivity contribution in [3.05, 3.63) is 71.8 Å². The fraction of sp³-hybridized carbons (Fsp3) is 0.278. The SMILES string of the molecule is O=C(OCC(Cl)(Cl)Cl)[C@@]1(c2ccccc2)C[C@@H]1c1ccccc1. The van der Waals surface area contributed by atoms with Gasteiger partial charge in [-0.05, 0) is 17.5 Å². The van der Waals surface area contributed by atoms with Crippen LogP contribution in [0.25, 0.3) is 0 Å². The number of carbonyl (C=O) groups excluding carboxylic acids is 1. The number of alkyl halides is 3. The van der Waals surface area contributed by atoms with Gasteiger partial charge < -0.3 is 4.74 Å². The summed E-state index contributed by atoms with van der Waals surface area (Å²) >= 11 is 17.1. The molecule has 2 aromatic carbocycles. The van der Waals surface area contributed by atoms with Gasteiger partial charge in [-0.3, -0.25) is 4.79 Å². The van der Waals surface area contributed by atoms with E-state index in [-0.39, 0.29) is 18.5 Å². The van der Waals surface area contributed by atoms with E-state index < -0.39 is 9.21 Å². The van der Waals surface area contributed by atoms with Gasteiger partial charge in [0.1, 0.15) is 12.0 Å². The summed E-state index contributed by atoms with van der Waals surface area (Å²) in [4.78, 5) is 12.8. The quantitative estimate of drug-likeness (QED) is 0.558. The summed E-state index contributed by atoms with van der Waals surface area (Å²) in [5.41, 5.74) is 1.35. The molecule has 0 saturated heterocycles. The lowest BCUT2D eigenvalue weighted by molar-refractivity contribution is -0.146. The van der Waals surface area contributed by atoms with Gasteiger partial charge in [0.2, 0.25) is 3.79 Å². The zero-order valence-corrected chi connectivity index (χ0v) is 14.5. The normalized spacial score (nSPS) is 23.3. The molecule has 2 nitrogen and oxygen atoms in total. The van der Waals surface area contributed by atoms with Crippen LogP contribution in [0.4, 0.5) is 0 Å². The molecule has 5 heteroatoms. The molecule has 1 saturated carbocycles. The number of hydrogen-bond donors (Lipinski definition) is 0. The molecule has 0 aliphatic heterocycles. The fourth-order valence-electron chi connectivity index (χ4n) is 3.02. The Morgan fingerprint density at radius 2 is 1.61 bits per heavy atom. The minimum Gasteiger partial charge on any atom is -0.460 e. The van der Waals surface area contributed by atoms with Crippen molar-refractivity contribution < 1.29 is 9.53 Å². The molecule has 23 heavy (non-hydrogen) atoms. The van der Waals surface area contributed by atoms with Gasteiger partial charge in [-0.1, -0.05) is 95.5 Å². The summed E-state index contributed by atoms with van der Waals surface area (Å²) in [7, 11) is 0. The van der Waals surface area contributed by atoms with Crippen molar-refractivity contribution in [2.24, 2.45) is 0 Å². The van der Waals surface area contributed by atoms with Crippen LogP contribution in [0.1, 0.15) is 23.5 Å². The third-order valence-electron chi connectivity index (χ3n) is 4.18. The van der Waals surface area contributed by atoms with Crippen molar-refractivity contribution in [1.29, 1.82) is 0 Å². The van der Waals surface area contributed by atoms with E-state index in [1.54, 1.807) is 0 Å². The predicted molar refractivity (Wildman–Crippen MR) is 93.2 cm³/mol. The zero-order chi connectivity index (χ0) is 16.5. The second-order valence-electron chi connectivity index (χ2n) is 5.70. The van der Waals surface area contributed by atoms with Crippen LogP contribution in [-0.2, 0) is 14.9 Å². The lowest BCUT2D eigenvalue weighted by Crippen LogP contribution is -2.28. The van der Waals surface area contributed by atoms with Crippen LogP contribution in [0.3, 0.4) is 0 Å². The molecule has 1 fully saturated rings. The van der Waals surface area contributed by atoms with E-state index in [1.165, 1.54) is 0 Å². The molecule has 0 unspecified atom stereocenters. The first-order valence-electron chi connectivity index (χ1n) is 7.28. The second-order valence-corrected chi connectivity index (χ2v) is 8.21. The average Bonchev–Trinajstić information content (AvgIpc) is 3.30. The third kappa shape index (κ3) is 3.50. The molecule has 0 bridgehead atoms. The molecular weight excluding hydrogens is 355 g/mol. The third-order valence-corrected chi connectivity index (χ3v) is 4.51. The van der Waals surface area contributed by atoms with Crippen molar-refractivity contribution in [3.8, 4) is 0 Å². The molecule has 0 aromatic heterocycles. The Morgan fingerprint density at radius 1 is 1.04 bits per heavy atom. The summed E-state index contributed by atoms with van der Waals surface area (Å²) in [6.07, 6.45) is 0.694. The minimum atomic E-state index is -1.61. The topological polar surface area (TPSA) is 26.3 Å². The zero-order valence-electron chi connectivity index (χ0n) is 12.2. The summed E-state index contributed by atoms with van der Waals surface area (Å²) in [6, 6.07) is 19.6. The maximum atomic E-state index is 12.8. The van der Waals surface area contributed by atoms with Gasteiger partial charge in [-0.15, -0.1) is 0 Å². The summed E-state index contributed by atoms with van der Waals surface area (Å²) in [5.74, 6) is -0.266. The number of ether oxygens (including phenoxy) is 1. The number of rotatable bonds is 4. The number of hydrogen-bond acceptors (Lipinski definition) is 2. The highest BCUT2D eigenvalue weighted by molar-refractivity contribution is 6.67. The summed E-state index contributed by atoms with van der Waals surface area (Å²) < 4.78 is 3.70. The maximum Gasteiger partial charge on any atom is 0.317 e. The lowest BCUT2D eigenvalue weighted by Gasteiger charge is -2.19. The monoisotopic (exact) mass is 368 g/mol. The van der Waals surface area contributed by atoms with Crippen LogP contribution in [0.2, 0.25) is 0 Å². The molecule has 1 aliphatic carbocycles. The molecule has 3 rings (SSSR count). The molecule has 0 heterocycles. The molecular formula is C18H15Cl3O2.